The quantitative estimate of drug-likeness (QED) is 0.718. The highest BCUT2D eigenvalue weighted by atomic mass is 16.1. The molecule has 3 aromatic rings. The van der Waals surface area contributed by atoms with E-state index in [0.29, 0.717) is 12.1 Å². The molecule has 3 heteroatoms. The summed E-state index contributed by atoms with van der Waals surface area (Å²) in [6.45, 7) is 0. The van der Waals surface area contributed by atoms with Crippen LogP contribution in [0.15, 0.2) is 66.7 Å². The largest absolute Gasteiger partial charge is 0.399 e. The highest BCUT2D eigenvalue weighted by Gasteiger charge is 2.05. The summed E-state index contributed by atoms with van der Waals surface area (Å²) in [4.78, 5) is 12.1. The minimum atomic E-state index is -0.0455. The maximum absolute atomic E-state index is 12.1. The fourth-order valence-corrected chi connectivity index (χ4v) is 2.36. The van der Waals surface area contributed by atoms with E-state index in [1.54, 1.807) is 0 Å². The van der Waals surface area contributed by atoms with E-state index in [4.69, 9.17) is 5.73 Å². The lowest BCUT2D eigenvalue weighted by Gasteiger charge is -2.07. The fourth-order valence-electron chi connectivity index (χ4n) is 2.36. The van der Waals surface area contributed by atoms with Gasteiger partial charge in [-0.1, -0.05) is 42.5 Å². The van der Waals surface area contributed by atoms with Crippen LogP contribution in [-0.2, 0) is 11.2 Å². The lowest BCUT2D eigenvalue weighted by Crippen LogP contribution is -2.14. The molecule has 0 aliphatic carbocycles. The van der Waals surface area contributed by atoms with Gasteiger partial charge in [-0.25, -0.2) is 0 Å². The maximum atomic E-state index is 12.1. The Labute approximate surface area is 123 Å². The van der Waals surface area contributed by atoms with Crippen molar-refractivity contribution in [2.24, 2.45) is 0 Å². The number of nitrogens with one attached hydrogen (secondary N) is 1. The van der Waals surface area contributed by atoms with Gasteiger partial charge < -0.3 is 11.1 Å². The van der Waals surface area contributed by atoms with Crippen molar-refractivity contribution in [1.29, 1.82) is 0 Å². The second-order valence-corrected chi connectivity index (χ2v) is 5.03. The van der Waals surface area contributed by atoms with E-state index in [2.05, 4.69) is 5.32 Å². The topological polar surface area (TPSA) is 55.1 Å². The van der Waals surface area contributed by atoms with E-state index in [1.807, 2.05) is 66.7 Å². The molecule has 21 heavy (non-hydrogen) atoms. The summed E-state index contributed by atoms with van der Waals surface area (Å²) >= 11 is 0. The first-order valence-corrected chi connectivity index (χ1v) is 6.84. The average molecular weight is 276 g/mol. The Morgan fingerprint density at radius 3 is 2.52 bits per heavy atom. The molecule has 0 bridgehead atoms. The molecule has 3 N–H and O–H groups in total. The number of benzene rings is 3. The number of amides is 1. The fraction of sp³-hybridized carbons (Fsp3) is 0.0556. The van der Waals surface area contributed by atoms with Crippen molar-refractivity contribution in [1.82, 2.24) is 0 Å². The third-order valence-corrected chi connectivity index (χ3v) is 3.35. The smallest absolute Gasteiger partial charge is 0.228 e. The lowest BCUT2D eigenvalue weighted by molar-refractivity contribution is -0.115. The minimum Gasteiger partial charge on any atom is -0.399 e. The SMILES string of the molecule is Nc1cccc(CC(=O)Nc2ccc3ccccc3c2)c1. The van der Waals surface area contributed by atoms with E-state index in [1.165, 1.54) is 0 Å². The molecule has 0 unspecified atom stereocenters. The average Bonchev–Trinajstić information content (AvgIpc) is 2.47. The third kappa shape index (κ3) is 3.20. The van der Waals surface area contributed by atoms with Gasteiger partial charge in [-0.2, -0.15) is 0 Å². The molecule has 0 aliphatic heterocycles. The predicted molar refractivity (Wildman–Crippen MR) is 87.1 cm³/mol. The van der Waals surface area contributed by atoms with Gasteiger partial charge in [-0.3, -0.25) is 4.79 Å². The van der Waals surface area contributed by atoms with Crippen LogP contribution in [0, 0.1) is 0 Å². The number of hydrogen-bond acceptors (Lipinski definition) is 2. The Kier molecular flexibility index (Phi) is 3.56. The zero-order valence-electron chi connectivity index (χ0n) is 11.5. The molecule has 0 radical (unpaired) electrons. The highest BCUT2D eigenvalue weighted by Crippen LogP contribution is 2.19. The van der Waals surface area contributed by atoms with Gasteiger partial charge >= 0.3 is 0 Å². The van der Waals surface area contributed by atoms with Crippen LogP contribution in [0.2, 0.25) is 0 Å². The normalized spacial score (nSPS) is 10.5. The van der Waals surface area contributed by atoms with Crippen LogP contribution >= 0.6 is 0 Å². The first kappa shape index (κ1) is 13.2. The van der Waals surface area contributed by atoms with Crippen molar-refractivity contribution in [2.75, 3.05) is 11.1 Å². The van der Waals surface area contributed by atoms with Crippen LogP contribution in [-0.4, -0.2) is 5.91 Å². The van der Waals surface area contributed by atoms with Crippen LogP contribution in [0.25, 0.3) is 10.8 Å². The van der Waals surface area contributed by atoms with Gasteiger partial charge in [0.2, 0.25) is 5.91 Å². The number of hydrogen-bond donors (Lipinski definition) is 2. The van der Waals surface area contributed by atoms with E-state index in [9.17, 15) is 4.79 Å². The molecule has 0 aromatic heterocycles. The molecular formula is C18H16N2O. The minimum absolute atomic E-state index is 0.0455. The van der Waals surface area contributed by atoms with Crippen molar-refractivity contribution in [3.8, 4) is 0 Å². The summed E-state index contributed by atoms with van der Waals surface area (Å²) < 4.78 is 0. The molecule has 1 amide bonds. The van der Waals surface area contributed by atoms with Crippen LogP contribution in [0.3, 0.4) is 0 Å². The van der Waals surface area contributed by atoms with Crippen molar-refractivity contribution in [3.05, 3.63) is 72.3 Å². The van der Waals surface area contributed by atoms with Crippen molar-refractivity contribution < 1.29 is 4.79 Å². The summed E-state index contributed by atoms with van der Waals surface area (Å²) in [5.74, 6) is -0.0455. The van der Waals surface area contributed by atoms with Crippen molar-refractivity contribution in [3.63, 3.8) is 0 Å². The number of fused-ring (bicyclic) bond motifs is 1. The Hall–Kier alpha value is -2.81. The van der Waals surface area contributed by atoms with Crippen molar-refractivity contribution in [2.45, 2.75) is 6.42 Å². The summed E-state index contributed by atoms with van der Waals surface area (Å²) in [5, 5.41) is 5.19. The highest BCUT2D eigenvalue weighted by molar-refractivity contribution is 5.95. The molecule has 0 saturated heterocycles. The zero-order valence-corrected chi connectivity index (χ0v) is 11.5. The number of nitrogen functional groups attached to an aromatic ring is 1. The van der Waals surface area contributed by atoms with Gasteiger partial charge in [-0.15, -0.1) is 0 Å². The standard InChI is InChI=1S/C18H16N2O/c19-16-7-3-4-13(10-16)11-18(21)20-17-9-8-14-5-1-2-6-15(14)12-17/h1-10,12H,11,19H2,(H,20,21). The number of nitrogens with two attached hydrogens (primary N) is 1. The van der Waals surface area contributed by atoms with Gasteiger partial charge in [0.05, 0.1) is 6.42 Å². The first-order chi connectivity index (χ1) is 10.2. The van der Waals surface area contributed by atoms with Gasteiger partial charge in [0, 0.05) is 11.4 Å². The third-order valence-electron chi connectivity index (χ3n) is 3.35. The molecule has 3 aromatic carbocycles. The van der Waals surface area contributed by atoms with E-state index < -0.39 is 0 Å². The van der Waals surface area contributed by atoms with E-state index in [0.717, 1.165) is 22.0 Å². The monoisotopic (exact) mass is 276 g/mol. The van der Waals surface area contributed by atoms with Crippen molar-refractivity contribution >= 4 is 28.1 Å². The lowest BCUT2D eigenvalue weighted by atomic mass is 10.1. The summed E-state index contributed by atoms with van der Waals surface area (Å²) in [7, 11) is 0. The summed E-state index contributed by atoms with van der Waals surface area (Å²) in [6, 6.07) is 21.4. The Morgan fingerprint density at radius 2 is 1.71 bits per heavy atom. The number of anilines is 2. The molecule has 3 nitrogen and oxygen atoms in total. The molecule has 0 saturated carbocycles. The second kappa shape index (κ2) is 5.67. The summed E-state index contributed by atoms with van der Waals surface area (Å²) in [6.07, 6.45) is 0.317. The second-order valence-electron chi connectivity index (χ2n) is 5.03. The molecule has 0 aliphatic rings. The number of rotatable bonds is 3. The summed E-state index contributed by atoms with van der Waals surface area (Å²) in [5.41, 5.74) is 8.11. The Balaban J connectivity index is 1.74. The molecule has 0 spiro atoms. The van der Waals surface area contributed by atoms with Crippen LogP contribution in [0.1, 0.15) is 5.56 Å². The van der Waals surface area contributed by atoms with Gasteiger partial charge in [0.15, 0.2) is 0 Å². The van der Waals surface area contributed by atoms with Crippen LogP contribution in [0.4, 0.5) is 11.4 Å². The molecule has 0 atom stereocenters. The molecule has 0 heterocycles. The zero-order chi connectivity index (χ0) is 14.7. The van der Waals surface area contributed by atoms with Gasteiger partial charge in [0.25, 0.3) is 0 Å². The van der Waals surface area contributed by atoms with Crippen LogP contribution in [0.5, 0.6) is 0 Å². The Morgan fingerprint density at radius 1 is 0.905 bits per heavy atom. The van der Waals surface area contributed by atoms with E-state index in [-0.39, 0.29) is 5.91 Å². The molecule has 104 valence electrons. The molecular weight excluding hydrogens is 260 g/mol. The molecule has 0 fully saturated rings. The van der Waals surface area contributed by atoms with Gasteiger partial charge in [-0.05, 0) is 40.6 Å². The number of carbonyl (C=O) groups excluding carboxylic acids is 1. The predicted octanol–water partition coefficient (Wildman–Crippen LogP) is 3.60. The van der Waals surface area contributed by atoms with Crippen LogP contribution < -0.4 is 11.1 Å². The van der Waals surface area contributed by atoms with E-state index >= 15 is 0 Å². The number of carbonyl (C=O) groups is 1. The molecule has 3 rings (SSSR count). The maximum Gasteiger partial charge on any atom is 0.228 e. The Bertz CT molecular complexity index is 796. The van der Waals surface area contributed by atoms with Gasteiger partial charge in [0.1, 0.15) is 0 Å². The first-order valence-electron chi connectivity index (χ1n) is 6.84.